The second kappa shape index (κ2) is 6.26. The van der Waals surface area contributed by atoms with E-state index in [4.69, 9.17) is 0 Å². The van der Waals surface area contributed by atoms with Crippen molar-refractivity contribution >= 4 is 15.9 Å². The first-order valence-electron chi connectivity index (χ1n) is 5.92. The van der Waals surface area contributed by atoms with Crippen molar-refractivity contribution in [3.63, 3.8) is 0 Å². The zero-order valence-corrected chi connectivity index (χ0v) is 12.1. The summed E-state index contributed by atoms with van der Waals surface area (Å²) in [4.78, 5) is 1.88. The Bertz CT molecular complexity index is 572. The third-order valence-electron chi connectivity index (χ3n) is 2.85. The van der Waals surface area contributed by atoms with E-state index in [1.807, 2.05) is 11.9 Å². The lowest BCUT2D eigenvalue weighted by Gasteiger charge is -2.17. The van der Waals surface area contributed by atoms with Crippen molar-refractivity contribution in [1.29, 1.82) is 0 Å². The Morgan fingerprint density at radius 3 is 2.21 bits per heavy atom. The molecule has 0 amide bonds. The van der Waals surface area contributed by atoms with Gasteiger partial charge in [0, 0.05) is 28.7 Å². The molecule has 2 aromatic carbocycles. The maximum absolute atomic E-state index is 13.7. The summed E-state index contributed by atoms with van der Waals surface area (Å²) in [6.07, 6.45) is 0. The summed E-state index contributed by atoms with van der Waals surface area (Å²) in [5.41, 5.74) is 1.21. The molecule has 0 spiro atoms. The fourth-order valence-corrected chi connectivity index (χ4v) is 2.25. The summed E-state index contributed by atoms with van der Waals surface area (Å²) in [7, 11) is 1.84. The van der Waals surface area contributed by atoms with Gasteiger partial charge in [-0.15, -0.1) is 0 Å². The third-order valence-corrected chi connectivity index (χ3v) is 3.35. The van der Waals surface area contributed by atoms with Crippen LogP contribution in [0.25, 0.3) is 0 Å². The van der Waals surface area contributed by atoms with Gasteiger partial charge in [-0.1, -0.05) is 40.2 Å². The molecule has 1 nitrogen and oxygen atoms in total. The predicted molar refractivity (Wildman–Crippen MR) is 75.7 cm³/mol. The van der Waals surface area contributed by atoms with Crippen LogP contribution in [-0.4, -0.2) is 11.9 Å². The van der Waals surface area contributed by atoms with E-state index in [1.54, 1.807) is 30.3 Å². The van der Waals surface area contributed by atoms with E-state index in [0.717, 1.165) is 0 Å². The van der Waals surface area contributed by atoms with Crippen molar-refractivity contribution in [3.05, 3.63) is 69.7 Å². The minimum Gasteiger partial charge on any atom is -0.298 e. The van der Waals surface area contributed by atoms with Crippen LogP contribution in [0.4, 0.5) is 8.78 Å². The van der Waals surface area contributed by atoms with Crippen molar-refractivity contribution in [2.45, 2.75) is 13.1 Å². The van der Waals surface area contributed by atoms with Crippen LogP contribution >= 0.6 is 15.9 Å². The fraction of sp³-hybridized carbons (Fsp3) is 0.200. The summed E-state index contributed by atoms with van der Waals surface area (Å²) in [6.45, 7) is 0.885. The van der Waals surface area contributed by atoms with Crippen molar-refractivity contribution in [1.82, 2.24) is 4.90 Å². The lowest BCUT2D eigenvalue weighted by atomic mass is 10.1. The van der Waals surface area contributed by atoms with Crippen molar-refractivity contribution < 1.29 is 8.78 Å². The van der Waals surface area contributed by atoms with E-state index in [9.17, 15) is 8.78 Å². The topological polar surface area (TPSA) is 3.24 Å². The normalized spacial score (nSPS) is 11.0. The summed E-state index contributed by atoms with van der Waals surface area (Å²) in [5.74, 6) is -0.486. The van der Waals surface area contributed by atoms with Gasteiger partial charge in [-0.2, -0.15) is 0 Å². The highest BCUT2D eigenvalue weighted by atomic mass is 79.9. The predicted octanol–water partition coefficient (Wildman–Crippen LogP) is 4.36. The molecule has 0 fully saturated rings. The van der Waals surface area contributed by atoms with Crippen molar-refractivity contribution in [2.75, 3.05) is 7.05 Å². The van der Waals surface area contributed by atoms with Crippen LogP contribution in [0.5, 0.6) is 0 Å². The van der Waals surface area contributed by atoms with Crippen LogP contribution in [0, 0.1) is 11.6 Å². The summed E-state index contributed by atoms with van der Waals surface area (Å²) < 4.78 is 27.9. The second-order valence-corrected chi connectivity index (χ2v) is 5.42. The third kappa shape index (κ3) is 3.85. The molecule has 0 radical (unpaired) electrons. The maximum Gasteiger partial charge on any atom is 0.128 e. The lowest BCUT2D eigenvalue weighted by Crippen LogP contribution is -2.18. The SMILES string of the molecule is CN(Cc1ccccc1F)Cc1ccc(Br)cc1F. The van der Waals surface area contributed by atoms with Gasteiger partial charge in [0.05, 0.1) is 0 Å². The van der Waals surface area contributed by atoms with Gasteiger partial charge in [0.1, 0.15) is 11.6 Å². The Morgan fingerprint density at radius 2 is 1.58 bits per heavy atom. The van der Waals surface area contributed by atoms with Gasteiger partial charge in [-0.05, 0) is 25.2 Å². The Kier molecular flexibility index (Phi) is 4.66. The van der Waals surface area contributed by atoms with E-state index in [0.29, 0.717) is 28.7 Å². The highest BCUT2D eigenvalue weighted by Crippen LogP contribution is 2.17. The summed E-state index contributed by atoms with van der Waals surface area (Å²) >= 11 is 3.22. The molecule has 0 bridgehead atoms. The van der Waals surface area contributed by atoms with E-state index in [-0.39, 0.29) is 11.6 Å². The Balaban J connectivity index is 2.05. The standard InChI is InChI=1S/C15H14BrF2N/c1-19(9-11-4-2-3-5-14(11)17)10-12-6-7-13(16)8-15(12)18/h2-8H,9-10H2,1H3. The highest BCUT2D eigenvalue weighted by Gasteiger charge is 2.08. The fourth-order valence-electron chi connectivity index (χ4n) is 1.91. The molecule has 4 heteroatoms. The largest absolute Gasteiger partial charge is 0.298 e. The van der Waals surface area contributed by atoms with E-state index in [2.05, 4.69) is 15.9 Å². The highest BCUT2D eigenvalue weighted by molar-refractivity contribution is 9.10. The lowest BCUT2D eigenvalue weighted by molar-refractivity contribution is 0.308. The first-order valence-corrected chi connectivity index (χ1v) is 6.71. The van der Waals surface area contributed by atoms with Crippen molar-refractivity contribution in [3.8, 4) is 0 Å². The minimum absolute atomic E-state index is 0.231. The van der Waals surface area contributed by atoms with Crippen LogP contribution < -0.4 is 0 Å². The molecular weight excluding hydrogens is 312 g/mol. The van der Waals surface area contributed by atoms with Crippen LogP contribution in [0.1, 0.15) is 11.1 Å². The summed E-state index contributed by atoms with van der Waals surface area (Å²) in [5, 5.41) is 0. The molecule has 0 saturated carbocycles. The number of nitrogens with zero attached hydrogens (tertiary/aromatic N) is 1. The van der Waals surface area contributed by atoms with E-state index in [1.165, 1.54) is 12.1 Å². The van der Waals surface area contributed by atoms with Crippen LogP contribution in [0.3, 0.4) is 0 Å². The molecular formula is C15H14BrF2N. The quantitative estimate of drug-likeness (QED) is 0.807. The van der Waals surface area contributed by atoms with Gasteiger partial charge in [0.25, 0.3) is 0 Å². The summed E-state index contributed by atoms with van der Waals surface area (Å²) in [6, 6.07) is 11.6. The smallest absolute Gasteiger partial charge is 0.128 e. The first kappa shape index (κ1) is 14.2. The van der Waals surface area contributed by atoms with Gasteiger partial charge in [-0.3, -0.25) is 4.90 Å². The molecule has 2 rings (SSSR count). The molecule has 0 atom stereocenters. The van der Waals surface area contributed by atoms with Gasteiger partial charge in [0.15, 0.2) is 0 Å². The molecule has 0 aliphatic carbocycles. The maximum atomic E-state index is 13.7. The Hall–Kier alpha value is -1.26. The molecule has 19 heavy (non-hydrogen) atoms. The molecule has 2 aromatic rings. The molecule has 0 unspecified atom stereocenters. The van der Waals surface area contributed by atoms with Crippen molar-refractivity contribution in [2.24, 2.45) is 0 Å². The Morgan fingerprint density at radius 1 is 0.947 bits per heavy atom. The molecule has 0 aromatic heterocycles. The van der Waals surface area contributed by atoms with Crippen LogP contribution in [0.2, 0.25) is 0 Å². The van der Waals surface area contributed by atoms with Gasteiger partial charge < -0.3 is 0 Å². The second-order valence-electron chi connectivity index (χ2n) is 4.50. The number of rotatable bonds is 4. The Labute approximate surface area is 120 Å². The first-order chi connectivity index (χ1) is 9.06. The number of hydrogen-bond donors (Lipinski definition) is 0. The average Bonchev–Trinajstić information content (AvgIpc) is 2.36. The van der Waals surface area contributed by atoms with E-state index >= 15 is 0 Å². The number of hydrogen-bond acceptors (Lipinski definition) is 1. The molecule has 100 valence electrons. The van der Waals surface area contributed by atoms with Crippen LogP contribution in [-0.2, 0) is 13.1 Å². The average molecular weight is 326 g/mol. The molecule has 0 aliphatic heterocycles. The zero-order chi connectivity index (χ0) is 13.8. The van der Waals surface area contributed by atoms with E-state index < -0.39 is 0 Å². The van der Waals surface area contributed by atoms with Crippen LogP contribution in [0.15, 0.2) is 46.9 Å². The monoisotopic (exact) mass is 325 g/mol. The number of benzene rings is 2. The molecule has 0 saturated heterocycles. The van der Waals surface area contributed by atoms with Gasteiger partial charge in [-0.25, -0.2) is 8.78 Å². The molecule has 0 N–H and O–H groups in total. The van der Waals surface area contributed by atoms with Gasteiger partial charge in [0.2, 0.25) is 0 Å². The molecule has 0 aliphatic rings. The molecule has 0 heterocycles. The minimum atomic E-state index is -0.255. The zero-order valence-electron chi connectivity index (χ0n) is 10.5. The van der Waals surface area contributed by atoms with Gasteiger partial charge >= 0.3 is 0 Å². The number of halogens is 3.